The van der Waals surface area contributed by atoms with Crippen LogP contribution in [0.25, 0.3) is 11.3 Å². The summed E-state index contributed by atoms with van der Waals surface area (Å²) in [5.41, 5.74) is 14.9. The lowest BCUT2D eigenvalue weighted by Gasteiger charge is -2.32. The van der Waals surface area contributed by atoms with Crippen molar-refractivity contribution in [3.63, 3.8) is 0 Å². The van der Waals surface area contributed by atoms with Gasteiger partial charge in [-0.2, -0.15) is 4.98 Å². The molecular weight excluding hydrogens is 444 g/mol. The van der Waals surface area contributed by atoms with Gasteiger partial charge in [0.25, 0.3) is 5.91 Å². The zero-order valence-corrected chi connectivity index (χ0v) is 19.5. The first-order valence-corrected chi connectivity index (χ1v) is 12.0. The van der Waals surface area contributed by atoms with Crippen LogP contribution in [0.15, 0.2) is 54.6 Å². The number of aromatic nitrogens is 2. The summed E-state index contributed by atoms with van der Waals surface area (Å²) >= 11 is 0. The summed E-state index contributed by atoms with van der Waals surface area (Å²) in [7, 11) is 0. The number of piperidine rings is 1. The van der Waals surface area contributed by atoms with E-state index in [0.29, 0.717) is 24.8 Å². The van der Waals surface area contributed by atoms with Gasteiger partial charge in [0, 0.05) is 42.5 Å². The SMILES string of the molecule is NC(=O)c1nc(-c2ccccc2)c(O[C@@H]2CCOC2)nc1Nc1ccc(N2CCC(N)CC2)cc1. The minimum absolute atomic E-state index is 0.0490. The lowest BCUT2D eigenvalue weighted by atomic mass is 10.1. The molecule has 1 atom stereocenters. The summed E-state index contributed by atoms with van der Waals surface area (Å²) in [5.74, 6) is -0.0857. The molecule has 2 aliphatic rings. The maximum atomic E-state index is 12.3. The molecule has 5 N–H and O–H groups in total. The van der Waals surface area contributed by atoms with Crippen molar-refractivity contribution in [1.82, 2.24) is 9.97 Å². The van der Waals surface area contributed by atoms with Crippen molar-refractivity contribution >= 4 is 23.1 Å². The number of ether oxygens (including phenoxy) is 2. The highest BCUT2D eigenvalue weighted by atomic mass is 16.5. The molecule has 0 radical (unpaired) electrons. The van der Waals surface area contributed by atoms with Gasteiger partial charge in [0.2, 0.25) is 5.88 Å². The molecule has 0 unspecified atom stereocenters. The molecule has 3 aromatic rings. The van der Waals surface area contributed by atoms with Gasteiger partial charge < -0.3 is 31.2 Å². The average molecular weight is 475 g/mol. The van der Waals surface area contributed by atoms with Gasteiger partial charge in [-0.3, -0.25) is 4.79 Å². The number of anilines is 3. The Labute approximate surface area is 204 Å². The molecule has 1 amide bonds. The monoisotopic (exact) mass is 474 g/mol. The summed E-state index contributed by atoms with van der Waals surface area (Å²) in [6, 6.07) is 17.8. The molecule has 2 aromatic carbocycles. The molecule has 182 valence electrons. The van der Waals surface area contributed by atoms with E-state index < -0.39 is 5.91 Å². The minimum Gasteiger partial charge on any atom is -0.470 e. The third-order valence-corrected chi connectivity index (χ3v) is 6.35. The number of carbonyl (C=O) groups excluding carboxylic acids is 1. The third kappa shape index (κ3) is 5.36. The van der Waals surface area contributed by atoms with Gasteiger partial charge in [-0.05, 0) is 37.1 Å². The standard InChI is InChI=1S/C26H30N6O3/c27-18-10-13-32(14-11-18)20-8-6-19(7-9-20)29-25-23(24(28)33)30-22(17-4-2-1-3-5-17)26(31-25)35-21-12-15-34-16-21/h1-9,18,21H,10-16,27H2,(H2,28,33)(H,29,31)/t21-/m1/s1. The van der Waals surface area contributed by atoms with Crippen molar-refractivity contribution in [2.24, 2.45) is 11.5 Å². The molecule has 9 heteroatoms. The number of benzene rings is 2. The Morgan fingerprint density at radius 1 is 1.03 bits per heavy atom. The van der Waals surface area contributed by atoms with Crippen LogP contribution in [0.5, 0.6) is 5.88 Å². The Kier molecular flexibility index (Phi) is 6.78. The van der Waals surface area contributed by atoms with Crippen LogP contribution in [-0.2, 0) is 4.74 Å². The number of nitrogens with one attached hydrogen (secondary N) is 1. The first-order valence-electron chi connectivity index (χ1n) is 12.0. The highest BCUT2D eigenvalue weighted by molar-refractivity contribution is 5.97. The number of amides is 1. The Morgan fingerprint density at radius 3 is 2.43 bits per heavy atom. The molecule has 3 heterocycles. The molecule has 35 heavy (non-hydrogen) atoms. The molecule has 0 aliphatic carbocycles. The van der Waals surface area contributed by atoms with Crippen LogP contribution in [0, 0.1) is 0 Å². The van der Waals surface area contributed by atoms with E-state index >= 15 is 0 Å². The molecule has 2 aliphatic heterocycles. The van der Waals surface area contributed by atoms with Gasteiger partial charge in [0.05, 0.1) is 13.2 Å². The van der Waals surface area contributed by atoms with Crippen LogP contribution in [0.3, 0.4) is 0 Å². The Balaban J connectivity index is 1.45. The number of primary amides is 1. The average Bonchev–Trinajstić information content (AvgIpc) is 3.39. The highest BCUT2D eigenvalue weighted by Gasteiger charge is 2.24. The summed E-state index contributed by atoms with van der Waals surface area (Å²) in [5, 5.41) is 3.21. The third-order valence-electron chi connectivity index (χ3n) is 6.35. The zero-order valence-electron chi connectivity index (χ0n) is 19.5. The minimum atomic E-state index is -0.672. The van der Waals surface area contributed by atoms with Gasteiger partial charge in [-0.25, -0.2) is 4.98 Å². The fourth-order valence-corrected chi connectivity index (χ4v) is 4.36. The van der Waals surface area contributed by atoms with Crippen LogP contribution in [0.1, 0.15) is 29.8 Å². The van der Waals surface area contributed by atoms with Gasteiger partial charge in [-0.15, -0.1) is 0 Å². The summed E-state index contributed by atoms with van der Waals surface area (Å²) in [6.45, 7) is 3.01. The van der Waals surface area contributed by atoms with E-state index in [1.54, 1.807) is 0 Å². The quantitative estimate of drug-likeness (QED) is 0.477. The normalized spacial score (nSPS) is 18.4. The largest absolute Gasteiger partial charge is 0.470 e. The Morgan fingerprint density at radius 2 is 1.77 bits per heavy atom. The van der Waals surface area contributed by atoms with Crippen molar-refractivity contribution in [3.05, 3.63) is 60.3 Å². The molecule has 1 aromatic heterocycles. The topological polar surface area (TPSA) is 129 Å². The maximum absolute atomic E-state index is 12.3. The predicted molar refractivity (Wildman–Crippen MR) is 135 cm³/mol. The van der Waals surface area contributed by atoms with Crippen molar-refractivity contribution in [2.75, 3.05) is 36.5 Å². The second-order valence-electron chi connectivity index (χ2n) is 8.90. The van der Waals surface area contributed by atoms with Crippen molar-refractivity contribution in [2.45, 2.75) is 31.4 Å². The van der Waals surface area contributed by atoms with E-state index in [4.69, 9.17) is 20.9 Å². The van der Waals surface area contributed by atoms with Gasteiger partial charge >= 0.3 is 0 Å². The van der Waals surface area contributed by atoms with Crippen molar-refractivity contribution in [1.29, 1.82) is 0 Å². The van der Waals surface area contributed by atoms with E-state index in [1.165, 1.54) is 0 Å². The Hall–Kier alpha value is -3.69. The van der Waals surface area contributed by atoms with Crippen LogP contribution in [-0.4, -0.2) is 54.3 Å². The molecule has 0 saturated carbocycles. The van der Waals surface area contributed by atoms with E-state index in [-0.39, 0.29) is 23.7 Å². The second-order valence-corrected chi connectivity index (χ2v) is 8.90. The van der Waals surface area contributed by atoms with Crippen molar-refractivity contribution in [3.8, 4) is 17.1 Å². The van der Waals surface area contributed by atoms with Crippen LogP contribution in [0.2, 0.25) is 0 Å². The first kappa shape index (κ1) is 23.1. The highest BCUT2D eigenvalue weighted by Crippen LogP contribution is 2.32. The number of hydrogen-bond acceptors (Lipinski definition) is 8. The second kappa shape index (κ2) is 10.3. The number of nitrogens with zero attached hydrogens (tertiary/aromatic N) is 3. The first-order chi connectivity index (χ1) is 17.1. The maximum Gasteiger partial charge on any atom is 0.271 e. The summed E-state index contributed by atoms with van der Waals surface area (Å²) in [4.78, 5) is 23.9. The van der Waals surface area contributed by atoms with E-state index in [2.05, 4.69) is 20.2 Å². The van der Waals surface area contributed by atoms with Crippen LogP contribution in [0.4, 0.5) is 17.2 Å². The van der Waals surface area contributed by atoms with E-state index in [0.717, 1.165) is 49.3 Å². The fourth-order valence-electron chi connectivity index (χ4n) is 4.36. The fraction of sp³-hybridized carbons (Fsp3) is 0.346. The predicted octanol–water partition coefficient (Wildman–Crippen LogP) is 3.08. The molecule has 2 saturated heterocycles. The van der Waals surface area contributed by atoms with E-state index in [9.17, 15) is 4.79 Å². The number of hydrogen-bond donors (Lipinski definition) is 3. The molecule has 2 fully saturated rings. The lowest BCUT2D eigenvalue weighted by Crippen LogP contribution is -2.39. The summed E-state index contributed by atoms with van der Waals surface area (Å²) in [6.07, 6.45) is 2.61. The van der Waals surface area contributed by atoms with Crippen LogP contribution >= 0.6 is 0 Å². The molecule has 9 nitrogen and oxygen atoms in total. The smallest absolute Gasteiger partial charge is 0.271 e. The zero-order chi connectivity index (χ0) is 24.2. The molecule has 0 spiro atoms. The Bertz CT molecular complexity index is 1160. The molecular formula is C26H30N6O3. The lowest BCUT2D eigenvalue weighted by molar-refractivity contribution is 0.0995. The molecule has 5 rings (SSSR count). The molecule has 0 bridgehead atoms. The number of nitrogens with two attached hydrogens (primary N) is 2. The van der Waals surface area contributed by atoms with Gasteiger partial charge in [0.15, 0.2) is 11.5 Å². The van der Waals surface area contributed by atoms with Crippen LogP contribution < -0.4 is 26.4 Å². The van der Waals surface area contributed by atoms with Gasteiger partial charge in [0.1, 0.15) is 11.8 Å². The van der Waals surface area contributed by atoms with Gasteiger partial charge in [-0.1, -0.05) is 30.3 Å². The van der Waals surface area contributed by atoms with Crippen molar-refractivity contribution < 1.29 is 14.3 Å². The number of carbonyl (C=O) groups is 1. The summed E-state index contributed by atoms with van der Waals surface area (Å²) < 4.78 is 11.6. The van der Waals surface area contributed by atoms with E-state index in [1.807, 2.05) is 54.6 Å². The number of rotatable bonds is 7.